The highest BCUT2D eigenvalue weighted by atomic mass is 35.5. The number of carbonyl (C=O) groups is 2. The van der Waals surface area contributed by atoms with Gasteiger partial charge in [-0.05, 0) is 24.7 Å². The summed E-state index contributed by atoms with van der Waals surface area (Å²) < 4.78 is 19.5. The lowest BCUT2D eigenvalue weighted by atomic mass is 9.86. The van der Waals surface area contributed by atoms with Gasteiger partial charge in [-0.1, -0.05) is 11.6 Å². The molecule has 0 aromatic heterocycles. The van der Waals surface area contributed by atoms with Gasteiger partial charge in [0.05, 0.1) is 17.7 Å². The average molecular weight is 327 g/mol. The number of alkyl halides is 1. The number of ether oxygens (including phenoxy) is 1. The Hall–Kier alpha value is -1.66. The van der Waals surface area contributed by atoms with E-state index in [9.17, 15) is 14.0 Å². The van der Waals surface area contributed by atoms with Crippen LogP contribution in [-0.2, 0) is 9.53 Å². The van der Waals surface area contributed by atoms with Crippen molar-refractivity contribution in [1.82, 2.24) is 5.32 Å². The van der Waals surface area contributed by atoms with Crippen LogP contribution in [0, 0.1) is 5.92 Å². The Bertz CT molecular complexity index is 639. The molecule has 0 aliphatic carbocycles. The lowest BCUT2D eigenvalue weighted by Crippen LogP contribution is -2.49. The maximum Gasteiger partial charge on any atom is 0.339 e. The number of hydrogen-bond acceptors (Lipinski definition) is 4. The Kier molecular flexibility index (Phi) is 3.82. The molecule has 1 aromatic rings. The van der Waals surface area contributed by atoms with E-state index < -0.39 is 17.5 Å². The van der Waals surface area contributed by atoms with Gasteiger partial charge in [0, 0.05) is 31.1 Å². The summed E-state index contributed by atoms with van der Waals surface area (Å²) in [5.74, 6) is -1.45. The molecule has 22 heavy (non-hydrogen) atoms. The van der Waals surface area contributed by atoms with E-state index in [1.54, 1.807) is 6.07 Å². The number of methoxy groups -OCH3 is 1. The summed E-state index contributed by atoms with van der Waals surface area (Å²) in [5.41, 5.74) is -1.10. The first-order valence-corrected chi connectivity index (χ1v) is 7.44. The monoisotopic (exact) mass is 326 g/mol. The fourth-order valence-corrected chi connectivity index (χ4v) is 3.35. The summed E-state index contributed by atoms with van der Waals surface area (Å²) in [6, 6.07) is 4.58. The molecule has 2 saturated heterocycles. The van der Waals surface area contributed by atoms with Crippen LogP contribution in [0.25, 0.3) is 0 Å². The molecule has 0 saturated carbocycles. The highest BCUT2D eigenvalue weighted by Crippen LogP contribution is 2.40. The van der Waals surface area contributed by atoms with E-state index in [4.69, 9.17) is 11.6 Å². The van der Waals surface area contributed by atoms with Crippen LogP contribution >= 0.6 is 11.6 Å². The molecule has 7 heteroatoms. The molecular weight excluding hydrogens is 311 g/mol. The average Bonchev–Trinajstić information content (AvgIpc) is 2.78. The minimum atomic E-state index is -1.81. The van der Waals surface area contributed by atoms with Crippen LogP contribution in [0.3, 0.4) is 0 Å². The predicted molar refractivity (Wildman–Crippen MR) is 80.0 cm³/mol. The molecule has 5 nitrogen and oxygen atoms in total. The molecule has 2 heterocycles. The van der Waals surface area contributed by atoms with Gasteiger partial charge in [0.25, 0.3) is 5.91 Å². The zero-order valence-electron chi connectivity index (χ0n) is 12.1. The van der Waals surface area contributed by atoms with E-state index in [1.807, 2.05) is 0 Å². The van der Waals surface area contributed by atoms with Crippen molar-refractivity contribution in [2.75, 3.05) is 31.6 Å². The smallest absolute Gasteiger partial charge is 0.339 e. The first-order chi connectivity index (χ1) is 10.5. The number of hydrogen-bond donors (Lipinski definition) is 1. The third-order valence-electron chi connectivity index (χ3n) is 4.38. The Balaban J connectivity index is 1.90. The zero-order valence-corrected chi connectivity index (χ0v) is 12.8. The third-order valence-corrected chi connectivity index (χ3v) is 4.69. The van der Waals surface area contributed by atoms with Crippen molar-refractivity contribution < 1.29 is 18.7 Å². The number of esters is 1. The number of carbonyl (C=O) groups excluding carboxylic acids is 2. The van der Waals surface area contributed by atoms with E-state index in [1.165, 1.54) is 24.1 Å². The molecule has 0 bridgehead atoms. The van der Waals surface area contributed by atoms with Gasteiger partial charge in [0.2, 0.25) is 0 Å². The van der Waals surface area contributed by atoms with Crippen LogP contribution in [0.2, 0.25) is 5.02 Å². The molecular formula is C15H16ClFN2O3. The van der Waals surface area contributed by atoms with Gasteiger partial charge >= 0.3 is 5.97 Å². The highest BCUT2D eigenvalue weighted by Gasteiger charge is 2.56. The van der Waals surface area contributed by atoms with E-state index in [0.29, 0.717) is 25.3 Å². The molecule has 2 aliphatic heterocycles. The van der Waals surface area contributed by atoms with Crippen molar-refractivity contribution in [3.8, 4) is 0 Å². The summed E-state index contributed by atoms with van der Waals surface area (Å²) in [4.78, 5) is 25.4. The highest BCUT2D eigenvalue weighted by molar-refractivity contribution is 6.34. The molecule has 0 radical (unpaired) electrons. The molecule has 2 atom stereocenters. The summed E-state index contributed by atoms with van der Waals surface area (Å²) in [7, 11) is 1.26. The largest absolute Gasteiger partial charge is 0.465 e. The number of benzene rings is 1. The lowest BCUT2D eigenvalue weighted by molar-refractivity contribution is -0.130. The van der Waals surface area contributed by atoms with Crippen molar-refractivity contribution >= 4 is 29.2 Å². The zero-order chi connectivity index (χ0) is 15.9. The van der Waals surface area contributed by atoms with E-state index in [-0.39, 0.29) is 22.9 Å². The van der Waals surface area contributed by atoms with E-state index in [2.05, 4.69) is 10.1 Å². The molecule has 2 fully saturated rings. The fourth-order valence-electron chi connectivity index (χ4n) is 3.10. The molecule has 3 rings (SSSR count). The first-order valence-electron chi connectivity index (χ1n) is 7.07. The Labute approximate surface area is 132 Å². The second-order valence-electron chi connectivity index (χ2n) is 5.59. The van der Waals surface area contributed by atoms with E-state index >= 15 is 0 Å². The van der Waals surface area contributed by atoms with Crippen LogP contribution in [0.15, 0.2) is 18.2 Å². The Morgan fingerprint density at radius 1 is 1.55 bits per heavy atom. The van der Waals surface area contributed by atoms with Crippen molar-refractivity contribution in [3.05, 3.63) is 28.8 Å². The Morgan fingerprint density at radius 2 is 2.32 bits per heavy atom. The normalized spacial score (nSPS) is 27.7. The van der Waals surface area contributed by atoms with Crippen LogP contribution in [-0.4, -0.2) is 44.3 Å². The van der Waals surface area contributed by atoms with Crippen molar-refractivity contribution in [3.63, 3.8) is 0 Å². The van der Waals surface area contributed by atoms with Crippen molar-refractivity contribution in [2.24, 2.45) is 5.92 Å². The van der Waals surface area contributed by atoms with Crippen LogP contribution in [0.1, 0.15) is 16.8 Å². The number of nitrogens with one attached hydrogen (secondary N) is 1. The third kappa shape index (κ3) is 2.27. The van der Waals surface area contributed by atoms with Crippen LogP contribution in [0.5, 0.6) is 0 Å². The summed E-state index contributed by atoms with van der Waals surface area (Å²) in [5, 5.41) is 3.29. The lowest BCUT2D eigenvalue weighted by Gasteiger charge is -2.29. The Morgan fingerprint density at radius 3 is 2.95 bits per heavy atom. The van der Waals surface area contributed by atoms with Gasteiger partial charge in [-0.2, -0.15) is 0 Å². The van der Waals surface area contributed by atoms with Gasteiger partial charge < -0.3 is 15.0 Å². The molecule has 0 spiro atoms. The van der Waals surface area contributed by atoms with Gasteiger partial charge in [0.15, 0.2) is 5.67 Å². The minimum Gasteiger partial charge on any atom is -0.465 e. The molecule has 0 unspecified atom stereocenters. The van der Waals surface area contributed by atoms with E-state index in [0.717, 1.165) is 0 Å². The standard InChI is InChI=1S/C15H16ClFN2O3/c1-22-13(20)11-3-2-10(6-12(11)16)19-8-9-7-18-5-4-15(9,17)14(19)21/h2-3,6,9,18H,4-5,7-8H2,1H3/t9-,15+/m0/s1. The summed E-state index contributed by atoms with van der Waals surface area (Å²) in [6.45, 7) is 1.28. The number of anilines is 1. The summed E-state index contributed by atoms with van der Waals surface area (Å²) >= 11 is 6.07. The van der Waals surface area contributed by atoms with Crippen molar-refractivity contribution in [1.29, 1.82) is 0 Å². The predicted octanol–water partition coefficient (Wildman–Crippen LogP) is 1.79. The SMILES string of the molecule is COC(=O)c1ccc(N2C[C@@H]3CNCC[C@]3(F)C2=O)cc1Cl. The number of amides is 1. The van der Waals surface area contributed by atoms with Crippen LogP contribution < -0.4 is 10.2 Å². The van der Waals surface area contributed by atoms with Gasteiger partial charge in [0.1, 0.15) is 0 Å². The second-order valence-corrected chi connectivity index (χ2v) is 5.99. The number of piperidine rings is 1. The van der Waals surface area contributed by atoms with Gasteiger partial charge in [-0.3, -0.25) is 4.79 Å². The van der Waals surface area contributed by atoms with Crippen molar-refractivity contribution in [2.45, 2.75) is 12.1 Å². The number of halogens is 2. The maximum atomic E-state index is 14.9. The molecule has 118 valence electrons. The minimum absolute atomic E-state index is 0.179. The maximum absolute atomic E-state index is 14.9. The number of fused-ring (bicyclic) bond motifs is 1. The van der Waals surface area contributed by atoms with Crippen LogP contribution in [0.4, 0.5) is 10.1 Å². The molecule has 1 aromatic carbocycles. The topological polar surface area (TPSA) is 58.6 Å². The molecule has 1 N–H and O–H groups in total. The second kappa shape index (κ2) is 5.52. The van der Waals surface area contributed by atoms with Gasteiger partial charge in [-0.25, -0.2) is 9.18 Å². The van der Waals surface area contributed by atoms with Gasteiger partial charge in [-0.15, -0.1) is 0 Å². The first kappa shape index (κ1) is 15.2. The summed E-state index contributed by atoms with van der Waals surface area (Å²) in [6.07, 6.45) is 0.182. The molecule has 1 amide bonds. The quantitative estimate of drug-likeness (QED) is 0.842. The fraction of sp³-hybridized carbons (Fsp3) is 0.467. The number of rotatable bonds is 2. The number of nitrogens with zero attached hydrogens (tertiary/aromatic N) is 1. The molecule has 2 aliphatic rings.